The maximum Gasteiger partial charge on any atom is 0.255 e. The summed E-state index contributed by atoms with van der Waals surface area (Å²) in [6.45, 7) is -0.0334. The molecule has 18 heavy (non-hydrogen) atoms. The minimum absolute atomic E-state index is 0.0334. The Hall–Kier alpha value is -1.31. The van der Waals surface area contributed by atoms with Crippen LogP contribution in [0.2, 0.25) is 0 Å². The number of aromatic nitrogens is 2. The van der Waals surface area contributed by atoms with Crippen LogP contribution in [-0.2, 0) is 16.0 Å². The van der Waals surface area contributed by atoms with Crippen LogP contribution in [0.1, 0.15) is 24.6 Å². The van der Waals surface area contributed by atoms with Crippen molar-refractivity contribution < 1.29 is 14.6 Å². The molecule has 1 fully saturated rings. The number of hydrogen-bond donors (Lipinski definition) is 2. The molecule has 0 saturated carbocycles. The lowest BCUT2D eigenvalue weighted by atomic mass is 10.2. The molecule has 1 aliphatic rings. The van der Waals surface area contributed by atoms with E-state index in [1.165, 1.54) is 0 Å². The summed E-state index contributed by atoms with van der Waals surface area (Å²) in [5, 5.41) is 9.02. The molecule has 7 heteroatoms. The van der Waals surface area contributed by atoms with E-state index < -0.39 is 0 Å². The Morgan fingerprint density at radius 1 is 1.61 bits per heavy atom. The SMILES string of the molecule is O=CCc1cn(C2CCC(CO)O2)c(=S)[nH]c1=O. The van der Waals surface area contributed by atoms with E-state index in [1.807, 2.05) is 0 Å². The summed E-state index contributed by atoms with van der Waals surface area (Å²) in [6.07, 6.45) is 3.23. The van der Waals surface area contributed by atoms with Crippen LogP contribution in [0, 0.1) is 4.77 Å². The summed E-state index contributed by atoms with van der Waals surface area (Å²) in [4.78, 5) is 24.6. The van der Waals surface area contributed by atoms with Crippen LogP contribution >= 0.6 is 12.2 Å². The predicted octanol–water partition coefficient (Wildman–Crippen LogP) is 0.317. The molecular formula is C11H14N2O4S. The molecule has 2 unspecified atom stereocenters. The maximum atomic E-state index is 11.5. The van der Waals surface area contributed by atoms with E-state index >= 15 is 0 Å². The number of H-pyrrole nitrogens is 1. The normalized spacial score (nSPS) is 23.2. The molecule has 2 atom stereocenters. The smallest absolute Gasteiger partial charge is 0.255 e. The van der Waals surface area contributed by atoms with Gasteiger partial charge in [-0.05, 0) is 25.1 Å². The van der Waals surface area contributed by atoms with Crippen LogP contribution in [-0.4, -0.2) is 33.7 Å². The Labute approximate surface area is 108 Å². The van der Waals surface area contributed by atoms with Gasteiger partial charge in [0.15, 0.2) is 4.77 Å². The van der Waals surface area contributed by atoms with E-state index in [9.17, 15) is 9.59 Å². The molecule has 2 N–H and O–H groups in total. The van der Waals surface area contributed by atoms with Gasteiger partial charge in [-0.3, -0.25) is 14.3 Å². The van der Waals surface area contributed by atoms with E-state index in [-0.39, 0.29) is 35.7 Å². The average Bonchev–Trinajstić information content (AvgIpc) is 2.81. The first kappa shape index (κ1) is 13.1. The Morgan fingerprint density at radius 3 is 3.00 bits per heavy atom. The number of hydrogen-bond acceptors (Lipinski definition) is 5. The minimum Gasteiger partial charge on any atom is -0.394 e. The quantitative estimate of drug-likeness (QED) is 0.608. The summed E-state index contributed by atoms with van der Waals surface area (Å²) in [6, 6.07) is 0. The highest BCUT2D eigenvalue weighted by molar-refractivity contribution is 7.71. The average molecular weight is 270 g/mol. The van der Waals surface area contributed by atoms with E-state index in [0.717, 1.165) is 6.42 Å². The highest BCUT2D eigenvalue weighted by atomic mass is 32.1. The third-order valence-corrected chi connectivity index (χ3v) is 3.26. The molecule has 0 amide bonds. The van der Waals surface area contributed by atoms with Gasteiger partial charge in [-0.1, -0.05) is 0 Å². The first-order valence-corrected chi connectivity index (χ1v) is 6.11. The summed E-state index contributed by atoms with van der Waals surface area (Å²) in [7, 11) is 0. The van der Waals surface area contributed by atoms with Gasteiger partial charge in [0.2, 0.25) is 0 Å². The van der Waals surface area contributed by atoms with Crippen LogP contribution in [0.25, 0.3) is 0 Å². The zero-order valence-corrected chi connectivity index (χ0v) is 10.5. The first-order chi connectivity index (χ1) is 8.65. The topological polar surface area (TPSA) is 84.3 Å². The van der Waals surface area contributed by atoms with Gasteiger partial charge >= 0.3 is 0 Å². The number of aliphatic hydroxyl groups excluding tert-OH is 1. The lowest BCUT2D eigenvalue weighted by Crippen LogP contribution is -2.22. The molecule has 98 valence electrons. The Morgan fingerprint density at radius 2 is 2.39 bits per heavy atom. The zero-order valence-electron chi connectivity index (χ0n) is 9.67. The monoisotopic (exact) mass is 270 g/mol. The molecule has 1 saturated heterocycles. The Kier molecular flexibility index (Phi) is 4.05. The molecule has 0 aliphatic carbocycles. The Balaban J connectivity index is 2.33. The van der Waals surface area contributed by atoms with Crippen LogP contribution in [0.3, 0.4) is 0 Å². The van der Waals surface area contributed by atoms with Crippen LogP contribution in [0.4, 0.5) is 0 Å². The Bertz CT molecular complexity index is 551. The molecule has 0 radical (unpaired) electrons. The van der Waals surface area contributed by atoms with Gasteiger partial charge in [0, 0.05) is 18.2 Å². The largest absolute Gasteiger partial charge is 0.394 e. The van der Waals surface area contributed by atoms with Crippen molar-refractivity contribution in [3.8, 4) is 0 Å². The third-order valence-electron chi connectivity index (χ3n) is 2.94. The van der Waals surface area contributed by atoms with Gasteiger partial charge in [-0.2, -0.15) is 0 Å². The second kappa shape index (κ2) is 5.55. The van der Waals surface area contributed by atoms with Gasteiger partial charge in [-0.15, -0.1) is 0 Å². The third kappa shape index (κ3) is 2.58. The molecule has 1 aliphatic heterocycles. The van der Waals surface area contributed by atoms with Crippen molar-refractivity contribution in [3.63, 3.8) is 0 Å². The number of aliphatic hydroxyl groups is 1. The molecule has 0 aromatic carbocycles. The van der Waals surface area contributed by atoms with Crippen molar-refractivity contribution in [2.75, 3.05) is 6.61 Å². The van der Waals surface area contributed by atoms with Gasteiger partial charge in [0.1, 0.15) is 12.5 Å². The fraction of sp³-hybridized carbons (Fsp3) is 0.545. The number of ether oxygens (including phenoxy) is 1. The second-order valence-electron chi connectivity index (χ2n) is 4.16. The van der Waals surface area contributed by atoms with E-state index in [4.69, 9.17) is 22.1 Å². The molecule has 1 aromatic rings. The molecule has 6 nitrogen and oxygen atoms in total. The van der Waals surface area contributed by atoms with Gasteiger partial charge < -0.3 is 14.6 Å². The van der Waals surface area contributed by atoms with Crippen LogP contribution in [0.5, 0.6) is 0 Å². The fourth-order valence-electron chi connectivity index (χ4n) is 2.00. The number of aldehydes is 1. The molecular weight excluding hydrogens is 256 g/mol. The van der Waals surface area contributed by atoms with Crippen molar-refractivity contribution in [3.05, 3.63) is 26.9 Å². The summed E-state index contributed by atoms with van der Waals surface area (Å²) >= 11 is 5.07. The van der Waals surface area contributed by atoms with E-state index in [0.29, 0.717) is 18.3 Å². The van der Waals surface area contributed by atoms with E-state index in [1.54, 1.807) is 10.8 Å². The highest BCUT2D eigenvalue weighted by Crippen LogP contribution is 2.27. The zero-order chi connectivity index (χ0) is 13.1. The summed E-state index contributed by atoms with van der Waals surface area (Å²) in [5.74, 6) is 0. The van der Waals surface area contributed by atoms with Gasteiger partial charge in [0.25, 0.3) is 5.56 Å². The number of nitrogens with zero attached hydrogens (tertiary/aromatic N) is 1. The lowest BCUT2D eigenvalue weighted by molar-refractivity contribution is -0.107. The minimum atomic E-state index is -0.347. The van der Waals surface area contributed by atoms with E-state index in [2.05, 4.69) is 4.98 Å². The number of aromatic amines is 1. The standard InChI is InChI=1S/C11H14N2O4S/c14-4-3-7-5-13(11(18)12-10(7)16)9-2-1-8(6-15)17-9/h4-5,8-9,15H,1-3,6H2,(H,12,16,18). The maximum absolute atomic E-state index is 11.5. The summed E-state index contributed by atoms with van der Waals surface area (Å²) in [5.41, 5.74) is 0.00898. The number of rotatable bonds is 4. The van der Waals surface area contributed by atoms with Crippen molar-refractivity contribution in [2.45, 2.75) is 31.6 Å². The second-order valence-corrected chi connectivity index (χ2v) is 4.55. The predicted molar refractivity (Wildman–Crippen MR) is 65.9 cm³/mol. The van der Waals surface area contributed by atoms with Crippen LogP contribution < -0.4 is 5.56 Å². The van der Waals surface area contributed by atoms with Crippen molar-refractivity contribution in [1.29, 1.82) is 0 Å². The summed E-state index contributed by atoms with van der Waals surface area (Å²) < 4.78 is 7.48. The highest BCUT2D eigenvalue weighted by Gasteiger charge is 2.26. The number of nitrogens with one attached hydrogen (secondary N) is 1. The fourth-order valence-corrected chi connectivity index (χ4v) is 2.26. The molecule has 1 aromatic heterocycles. The van der Waals surface area contributed by atoms with Crippen molar-refractivity contribution >= 4 is 18.5 Å². The number of carbonyl (C=O) groups excluding carboxylic acids is 1. The van der Waals surface area contributed by atoms with Crippen LogP contribution in [0.15, 0.2) is 11.0 Å². The first-order valence-electron chi connectivity index (χ1n) is 5.70. The molecule has 2 rings (SSSR count). The van der Waals surface area contributed by atoms with Gasteiger partial charge in [-0.25, -0.2) is 0 Å². The van der Waals surface area contributed by atoms with Crippen molar-refractivity contribution in [2.24, 2.45) is 0 Å². The molecule has 2 heterocycles. The molecule has 0 bridgehead atoms. The molecule has 0 spiro atoms. The van der Waals surface area contributed by atoms with Crippen molar-refractivity contribution in [1.82, 2.24) is 9.55 Å². The van der Waals surface area contributed by atoms with Gasteiger partial charge in [0.05, 0.1) is 12.7 Å². The number of carbonyl (C=O) groups is 1. The lowest BCUT2D eigenvalue weighted by Gasteiger charge is -2.16.